The predicted molar refractivity (Wildman–Crippen MR) is 51.6 cm³/mol. The third kappa shape index (κ3) is 1.22. The molecule has 2 nitrogen and oxygen atoms in total. The minimum atomic E-state index is 0.945. The molecule has 2 heterocycles. The number of aromatic amines is 1. The molecular formula is C11H12N2. The lowest BCUT2D eigenvalue weighted by Crippen LogP contribution is -1.93. The van der Waals surface area contributed by atoms with Crippen LogP contribution >= 0.6 is 0 Å². The zero-order valence-electron chi connectivity index (χ0n) is 7.46. The molecule has 0 radical (unpaired) electrons. The molecule has 2 aliphatic heterocycles. The van der Waals surface area contributed by atoms with Gasteiger partial charge in [0.15, 0.2) is 0 Å². The SMILES string of the molecule is c1cc2c(CC3CC3)cc[nH]c-2n1. The van der Waals surface area contributed by atoms with Crippen LogP contribution in [0.25, 0.3) is 11.4 Å². The third-order valence-electron chi connectivity index (χ3n) is 2.76. The summed E-state index contributed by atoms with van der Waals surface area (Å²) in [5.41, 5.74) is 2.75. The highest BCUT2D eigenvalue weighted by molar-refractivity contribution is 5.61. The van der Waals surface area contributed by atoms with Crippen molar-refractivity contribution >= 4 is 0 Å². The van der Waals surface area contributed by atoms with E-state index in [1.54, 1.807) is 0 Å². The van der Waals surface area contributed by atoms with E-state index in [9.17, 15) is 0 Å². The van der Waals surface area contributed by atoms with Crippen molar-refractivity contribution in [2.75, 3.05) is 0 Å². The van der Waals surface area contributed by atoms with E-state index in [1.165, 1.54) is 30.4 Å². The van der Waals surface area contributed by atoms with E-state index in [0.29, 0.717) is 0 Å². The second-order valence-corrected chi connectivity index (χ2v) is 3.86. The first-order valence-electron chi connectivity index (χ1n) is 4.84. The molecule has 2 heteroatoms. The van der Waals surface area contributed by atoms with Gasteiger partial charge in [-0.05, 0) is 42.9 Å². The number of rotatable bonds is 2. The van der Waals surface area contributed by atoms with Gasteiger partial charge in [-0.2, -0.15) is 0 Å². The van der Waals surface area contributed by atoms with E-state index in [0.717, 1.165) is 11.7 Å². The van der Waals surface area contributed by atoms with Gasteiger partial charge in [0.05, 0.1) is 0 Å². The van der Waals surface area contributed by atoms with Crippen LogP contribution in [-0.2, 0) is 6.42 Å². The van der Waals surface area contributed by atoms with Crippen molar-refractivity contribution in [2.45, 2.75) is 19.3 Å². The summed E-state index contributed by atoms with van der Waals surface area (Å²) in [5, 5.41) is 0. The van der Waals surface area contributed by atoms with Gasteiger partial charge in [-0.1, -0.05) is 0 Å². The smallest absolute Gasteiger partial charge is 0.137 e. The molecule has 0 amide bonds. The zero-order valence-corrected chi connectivity index (χ0v) is 7.46. The number of hydrogen-bond donors (Lipinski definition) is 1. The highest BCUT2D eigenvalue weighted by Crippen LogP contribution is 2.35. The molecule has 0 spiro atoms. The summed E-state index contributed by atoms with van der Waals surface area (Å²) in [4.78, 5) is 7.41. The molecule has 0 saturated heterocycles. The number of pyridine rings is 1. The topological polar surface area (TPSA) is 28.7 Å². The summed E-state index contributed by atoms with van der Waals surface area (Å²) < 4.78 is 0. The van der Waals surface area contributed by atoms with Crippen LogP contribution in [0.2, 0.25) is 0 Å². The van der Waals surface area contributed by atoms with Crippen LogP contribution < -0.4 is 0 Å². The van der Waals surface area contributed by atoms with E-state index in [2.05, 4.69) is 22.1 Å². The zero-order chi connectivity index (χ0) is 8.67. The van der Waals surface area contributed by atoms with Gasteiger partial charge < -0.3 is 4.98 Å². The molecule has 1 N–H and O–H groups in total. The van der Waals surface area contributed by atoms with Crippen LogP contribution in [0.4, 0.5) is 0 Å². The highest BCUT2D eigenvalue weighted by atomic mass is 14.9. The highest BCUT2D eigenvalue weighted by Gasteiger charge is 2.23. The lowest BCUT2D eigenvalue weighted by atomic mass is 10.0. The molecule has 0 aromatic carbocycles. The largest absolute Gasteiger partial charge is 0.346 e. The molecule has 66 valence electrons. The normalized spacial score (nSPS) is 16.6. The second-order valence-electron chi connectivity index (χ2n) is 3.86. The van der Waals surface area contributed by atoms with Crippen LogP contribution in [0.3, 0.4) is 0 Å². The van der Waals surface area contributed by atoms with Gasteiger partial charge in [-0.25, -0.2) is 4.98 Å². The molecule has 0 bridgehead atoms. The number of nitrogens with zero attached hydrogens (tertiary/aromatic N) is 1. The molecule has 1 saturated carbocycles. The van der Waals surface area contributed by atoms with E-state index >= 15 is 0 Å². The fourth-order valence-corrected chi connectivity index (χ4v) is 1.83. The molecule has 0 aromatic rings. The van der Waals surface area contributed by atoms with Crippen LogP contribution in [0.1, 0.15) is 18.4 Å². The van der Waals surface area contributed by atoms with Crippen molar-refractivity contribution in [3.05, 3.63) is 30.1 Å². The van der Waals surface area contributed by atoms with Crippen molar-refractivity contribution in [3.63, 3.8) is 0 Å². The van der Waals surface area contributed by atoms with Crippen molar-refractivity contribution in [3.8, 4) is 11.4 Å². The van der Waals surface area contributed by atoms with Gasteiger partial charge in [0, 0.05) is 18.0 Å². The van der Waals surface area contributed by atoms with E-state index in [-0.39, 0.29) is 0 Å². The maximum absolute atomic E-state index is 4.25. The van der Waals surface area contributed by atoms with Crippen molar-refractivity contribution in [2.24, 2.45) is 5.92 Å². The summed E-state index contributed by atoms with van der Waals surface area (Å²) in [5.74, 6) is 1.97. The molecule has 0 aromatic heterocycles. The number of aromatic nitrogens is 2. The number of H-pyrrole nitrogens is 1. The summed E-state index contributed by atoms with van der Waals surface area (Å²) in [6.45, 7) is 0. The monoisotopic (exact) mass is 172 g/mol. The van der Waals surface area contributed by atoms with Crippen LogP contribution in [0.5, 0.6) is 0 Å². The Kier molecular flexibility index (Phi) is 1.42. The fourth-order valence-electron chi connectivity index (χ4n) is 1.83. The molecule has 1 fully saturated rings. The quantitative estimate of drug-likeness (QED) is 0.740. The van der Waals surface area contributed by atoms with Crippen LogP contribution in [-0.4, -0.2) is 9.97 Å². The van der Waals surface area contributed by atoms with Gasteiger partial charge in [0.2, 0.25) is 0 Å². The van der Waals surface area contributed by atoms with Crippen molar-refractivity contribution < 1.29 is 0 Å². The second kappa shape index (κ2) is 2.59. The minimum Gasteiger partial charge on any atom is -0.346 e. The molecule has 1 aliphatic carbocycles. The number of fused-ring (bicyclic) bond motifs is 1. The van der Waals surface area contributed by atoms with Gasteiger partial charge in [-0.3, -0.25) is 0 Å². The Bertz CT molecular complexity index is 387. The standard InChI is InChI=1S/C11H12N2/c1-2-8(1)7-9-3-5-12-11-10(9)4-6-13-11/h3-6,8H,1-2,7H2,(H,12,13). The Morgan fingerprint density at radius 2 is 2.31 bits per heavy atom. The van der Waals surface area contributed by atoms with E-state index < -0.39 is 0 Å². The molecule has 0 unspecified atom stereocenters. The summed E-state index contributed by atoms with van der Waals surface area (Å²) in [6.07, 6.45) is 7.92. The lowest BCUT2D eigenvalue weighted by Gasteiger charge is -2.05. The first kappa shape index (κ1) is 7.13. The Morgan fingerprint density at radius 3 is 3.15 bits per heavy atom. The van der Waals surface area contributed by atoms with Crippen LogP contribution in [0, 0.1) is 5.92 Å². The fraction of sp³-hybridized carbons (Fsp3) is 0.364. The number of nitrogens with one attached hydrogen (secondary N) is 1. The van der Waals surface area contributed by atoms with Gasteiger partial charge in [-0.15, -0.1) is 0 Å². The number of hydrogen-bond acceptors (Lipinski definition) is 1. The Hall–Kier alpha value is -1.31. The van der Waals surface area contributed by atoms with E-state index in [4.69, 9.17) is 0 Å². The molecule has 0 atom stereocenters. The van der Waals surface area contributed by atoms with Crippen molar-refractivity contribution in [1.29, 1.82) is 0 Å². The minimum absolute atomic E-state index is 0.945. The maximum atomic E-state index is 4.25. The average Bonchev–Trinajstić information content (AvgIpc) is 2.83. The lowest BCUT2D eigenvalue weighted by molar-refractivity contribution is 0.831. The average molecular weight is 172 g/mol. The summed E-state index contributed by atoms with van der Waals surface area (Å²) >= 11 is 0. The summed E-state index contributed by atoms with van der Waals surface area (Å²) in [7, 11) is 0. The Balaban J connectivity index is 2.02. The first-order chi connectivity index (χ1) is 6.43. The van der Waals surface area contributed by atoms with Crippen LogP contribution in [0.15, 0.2) is 24.5 Å². The van der Waals surface area contributed by atoms with Crippen molar-refractivity contribution in [1.82, 2.24) is 9.97 Å². The first-order valence-corrected chi connectivity index (χ1v) is 4.84. The predicted octanol–water partition coefficient (Wildman–Crippen LogP) is 2.47. The Labute approximate surface area is 77.4 Å². The molecule has 13 heavy (non-hydrogen) atoms. The maximum Gasteiger partial charge on any atom is 0.137 e. The molecule has 3 aliphatic rings. The molecule has 3 rings (SSSR count). The molecular weight excluding hydrogens is 160 g/mol. The summed E-state index contributed by atoms with van der Waals surface area (Å²) in [6, 6.07) is 4.28. The third-order valence-corrected chi connectivity index (χ3v) is 2.76. The van der Waals surface area contributed by atoms with E-state index in [1.807, 2.05) is 12.4 Å². The van der Waals surface area contributed by atoms with Gasteiger partial charge in [0.25, 0.3) is 0 Å². The Morgan fingerprint density at radius 1 is 1.38 bits per heavy atom. The van der Waals surface area contributed by atoms with Gasteiger partial charge in [0.1, 0.15) is 5.82 Å². The van der Waals surface area contributed by atoms with Gasteiger partial charge >= 0.3 is 0 Å².